The van der Waals surface area contributed by atoms with Crippen molar-refractivity contribution in [1.29, 1.82) is 0 Å². The molecule has 2 amide bonds. The number of carbonyl (C=O) groups is 2. The Bertz CT molecular complexity index is 776. The van der Waals surface area contributed by atoms with E-state index in [0.29, 0.717) is 42.2 Å². The van der Waals surface area contributed by atoms with Crippen molar-refractivity contribution in [3.63, 3.8) is 0 Å². The van der Waals surface area contributed by atoms with Crippen LogP contribution in [0.15, 0.2) is 39.4 Å². The molecule has 2 aromatic rings. The molecule has 1 aromatic heterocycles. The third-order valence-corrected chi connectivity index (χ3v) is 4.82. The number of amides is 2. The minimum atomic E-state index is -0.140. The van der Waals surface area contributed by atoms with E-state index < -0.39 is 0 Å². The lowest BCUT2D eigenvalue weighted by Gasteiger charge is -2.34. The predicted molar refractivity (Wildman–Crippen MR) is 94.1 cm³/mol. The van der Waals surface area contributed by atoms with Crippen molar-refractivity contribution in [2.45, 2.75) is 13.8 Å². The lowest BCUT2D eigenvalue weighted by Crippen LogP contribution is -2.50. The molecule has 0 spiro atoms. The summed E-state index contributed by atoms with van der Waals surface area (Å²) in [5.74, 6) is 0.195. The molecule has 0 saturated carbocycles. The zero-order valence-corrected chi connectivity index (χ0v) is 15.3. The molecule has 1 aliphatic heterocycles. The van der Waals surface area contributed by atoms with Crippen LogP contribution in [-0.4, -0.2) is 47.8 Å². The van der Waals surface area contributed by atoms with Gasteiger partial charge < -0.3 is 14.2 Å². The van der Waals surface area contributed by atoms with Gasteiger partial charge in [-0.15, -0.1) is 0 Å². The van der Waals surface area contributed by atoms with E-state index in [1.54, 1.807) is 21.9 Å². The maximum atomic E-state index is 12.6. The van der Waals surface area contributed by atoms with Gasteiger partial charge in [0.15, 0.2) is 10.4 Å². The average Bonchev–Trinajstić information content (AvgIpc) is 3.02. The lowest BCUT2D eigenvalue weighted by molar-refractivity contribution is 0.0517. The summed E-state index contributed by atoms with van der Waals surface area (Å²) < 4.78 is 5.85. The van der Waals surface area contributed by atoms with Crippen molar-refractivity contribution < 1.29 is 14.0 Å². The molecule has 126 valence electrons. The van der Waals surface area contributed by atoms with Gasteiger partial charge in [0.05, 0.1) is 0 Å². The van der Waals surface area contributed by atoms with Gasteiger partial charge in [-0.3, -0.25) is 9.59 Å². The number of hydrogen-bond donors (Lipinski definition) is 0. The Morgan fingerprint density at radius 1 is 0.917 bits per heavy atom. The van der Waals surface area contributed by atoms with E-state index in [0.717, 1.165) is 5.56 Å². The molecule has 3 rings (SSSR count). The first-order chi connectivity index (χ1) is 11.5. The molecular formula is C18H19BrN2O3. The molecule has 24 heavy (non-hydrogen) atoms. The third kappa shape index (κ3) is 3.38. The van der Waals surface area contributed by atoms with E-state index in [9.17, 15) is 9.59 Å². The van der Waals surface area contributed by atoms with Crippen LogP contribution in [0.4, 0.5) is 0 Å². The Kier molecular flexibility index (Phi) is 4.76. The molecule has 1 saturated heterocycles. The zero-order valence-electron chi connectivity index (χ0n) is 13.7. The summed E-state index contributed by atoms with van der Waals surface area (Å²) in [4.78, 5) is 28.5. The molecule has 0 aliphatic carbocycles. The number of halogens is 1. The second kappa shape index (κ2) is 6.81. The first-order valence-electron chi connectivity index (χ1n) is 7.87. The van der Waals surface area contributed by atoms with Crippen molar-refractivity contribution in [2.24, 2.45) is 0 Å². The highest BCUT2D eigenvalue weighted by Gasteiger charge is 2.27. The average molecular weight is 391 g/mol. The van der Waals surface area contributed by atoms with Crippen molar-refractivity contribution in [3.8, 4) is 0 Å². The molecule has 1 fully saturated rings. The normalized spacial score (nSPS) is 14.8. The van der Waals surface area contributed by atoms with Gasteiger partial charge in [-0.2, -0.15) is 0 Å². The Morgan fingerprint density at radius 3 is 2.08 bits per heavy atom. The molecule has 0 unspecified atom stereocenters. The number of hydrogen-bond acceptors (Lipinski definition) is 3. The van der Waals surface area contributed by atoms with Crippen molar-refractivity contribution >= 4 is 27.7 Å². The van der Waals surface area contributed by atoms with Crippen LogP contribution in [0.2, 0.25) is 0 Å². The number of rotatable bonds is 2. The van der Waals surface area contributed by atoms with Gasteiger partial charge in [0.2, 0.25) is 0 Å². The summed E-state index contributed by atoms with van der Waals surface area (Å²) >= 11 is 3.20. The Hall–Kier alpha value is -2.08. The van der Waals surface area contributed by atoms with Gasteiger partial charge in [0, 0.05) is 31.7 Å². The molecule has 0 bridgehead atoms. The van der Waals surface area contributed by atoms with Crippen LogP contribution in [0.1, 0.15) is 32.0 Å². The van der Waals surface area contributed by atoms with Crippen LogP contribution >= 0.6 is 15.9 Å². The number of furan rings is 1. The second-order valence-corrected chi connectivity index (χ2v) is 6.77. The van der Waals surface area contributed by atoms with Crippen LogP contribution in [0, 0.1) is 13.8 Å². The first kappa shape index (κ1) is 16.8. The smallest absolute Gasteiger partial charge is 0.289 e. The largest absolute Gasteiger partial charge is 0.444 e. The first-order valence-corrected chi connectivity index (χ1v) is 8.66. The van der Waals surface area contributed by atoms with Crippen LogP contribution in [0.3, 0.4) is 0 Å². The maximum absolute atomic E-state index is 12.6. The fourth-order valence-electron chi connectivity index (χ4n) is 2.75. The summed E-state index contributed by atoms with van der Waals surface area (Å²) in [6, 6.07) is 9.11. The molecule has 0 N–H and O–H groups in total. The number of aryl methyl sites for hydroxylation is 2. The highest BCUT2D eigenvalue weighted by molar-refractivity contribution is 9.10. The van der Waals surface area contributed by atoms with Crippen molar-refractivity contribution in [3.05, 3.63) is 57.5 Å². The predicted octanol–water partition coefficient (Wildman–Crippen LogP) is 3.26. The van der Waals surface area contributed by atoms with E-state index in [2.05, 4.69) is 15.9 Å². The third-order valence-electron chi connectivity index (χ3n) is 4.39. The van der Waals surface area contributed by atoms with Crippen LogP contribution in [0.25, 0.3) is 0 Å². The molecule has 1 aliphatic rings. The summed E-state index contributed by atoms with van der Waals surface area (Å²) in [6.45, 7) is 6.10. The number of piperazine rings is 1. The fourth-order valence-corrected chi connectivity index (χ4v) is 3.06. The highest BCUT2D eigenvalue weighted by atomic mass is 79.9. The van der Waals surface area contributed by atoms with Crippen LogP contribution in [0.5, 0.6) is 0 Å². The fraction of sp³-hybridized carbons (Fsp3) is 0.333. The minimum absolute atomic E-state index is 0.0194. The van der Waals surface area contributed by atoms with E-state index in [1.165, 1.54) is 5.56 Å². The molecular weight excluding hydrogens is 372 g/mol. The summed E-state index contributed by atoms with van der Waals surface area (Å²) in [7, 11) is 0. The Morgan fingerprint density at radius 2 is 1.54 bits per heavy atom. The quantitative estimate of drug-likeness (QED) is 0.790. The number of nitrogens with zero attached hydrogens (tertiary/aromatic N) is 2. The number of benzene rings is 1. The Balaban J connectivity index is 1.63. The standard InChI is InChI=1S/C18H19BrN2O3/c1-12-3-4-14(11-13(12)2)17(22)20-7-9-21(10-8-20)18(23)15-5-6-16(19)24-15/h3-6,11H,7-10H2,1-2H3. The lowest BCUT2D eigenvalue weighted by atomic mass is 10.1. The van der Waals surface area contributed by atoms with Gasteiger partial charge in [-0.05, 0) is 65.2 Å². The summed E-state index contributed by atoms with van der Waals surface area (Å²) in [5.41, 5.74) is 2.98. The van der Waals surface area contributed by atoms with Crippen molar-refractivity contribution in [1.82, 2.24) is 9.80 Å². The van der Waals surface area contributed by atoms with E-state index in [1.807, 2.05) is 32.0 Å². The van der Waals surface area contributed by atoms with E-state index in [-0.39, 0.29) is 11.8 Å². The summed E-state index contributed by atoms with van der Waals surface area (Å²) in [6.07, 6.45) is 0. The van der Waals surface area contributed by atoms with Gasteiger partial charge in [-0.1, -0.05) is 6.07 Å². The van der Waals surface area contributed by atoms with E-state index >= 15 is 0 Å². The number of carbonyl (C=O) groups excluding carboxylic acids is 2. The van der Waals surface area contributed by atoms with Gasteiger partial charge in [-0.25, -0.2) is 0 Å². The molecule has 0 radical (unpaired) electrons. The van der Waals surface area contributed by atoms with Crippen LogP contribution in [-0.2, 0) is 0 Å². The summed E-state index contributed by atoms with van der Waals surface area (Å²) in [5, 5.41) is 0. The topological polar surface area (TPSA) is 53.8 Å². The van der Waals surface area contributed by atoms with Crippen molar-refractivity contribution in [2.75, 3.05) is 26.2 Å². The SMILES string of the molecule is Cc1ccc(C(=O)N2CCN(C(=O)c3ccc(Br)o3)CC2)cc1C. The van der Waals surface area contributed by atoms with Gasteiger partial charge >= 0.3 is 0 Å². The highest BCUT2D eigenvalue weighted by Crippen LogP contribution is 2.18. The molecule has 6 heteroatoms. The monoisotopic (exact) mass is 390 g/mol. The second-order valence-electron chi connectivity index (χ2n) is 5.99. The molecule has 5 nitrogen and oxygen atoms in total. The molecule has 1 aromatic carbocycles. The maximum Gasteiger partial charge on any atom is 0.289 e. The van der Waals surface area contributed by atoms with Gasteiger partial charge in [0.25, 0.3) is 11.8 Å². The molecule has 0 atom stereocenters. The van der Waals surface area contributed by atoms with E-state index in [4.69, 9.17) is 4.42 Å². The van der Waals surface area contributed by atoms with Crippen LogP contribution < -0.4 is 0 Å². The Labute approximate surface area is 149 Å². The zero-order chi connectivity index (χ0) is 17.3. The minimum Gasteiger partial charge on any atom is -0.444 e. The molecule has 2 heterocycles. The van der Waals surface area contributed by atoms with Gasteiger partial charge in [0.1, 0.15) is 0 Å².